The Balaban J connectivity index is 2.79. The van der Waals surface area contributed by atoms with Gasteiger partial charge in [0.1, 0.15) is 11.4 Å². The number of H-pyrrole nitrogens is 1. The molecule has 1 aromatic heterocycles. The first-order valence-electron chi connectivity index (χ1n) is 3.83. The van der Waals surface area contributed by atoms with E-state index in [2.05, 4.69) is 4.98 Å². The molecule has 1 heterocycles. The third kappa shape index (κ3) is 1.20. The van der Waals surface area contributed by atoms with Crippen LogP contribution in [0.3, 0.4) is 0 Å². The molecule has 5 heteroatoms. The first kappa shape index (κ1) is 8.90. The number of carboxylic acids is 1. The average Bonchev–Trinajstić information content (AvgIpc) is 2.43. The molecule has 72 valence electrons. The Kier molecular flexibility index (Phi) is 1.86. The minimum Gasteiger partial charge on any atom is -0.508 e. The lowest BCUT2D eigenvalue weighted by atomic mass is 10.2. The van der Waals surface area contributed by atoms with Gasteiger partial charge in [0, 0.05) is 11.5 Å². The molecule has 0 saturated carbocycles. The van der Waals surface area contributed by atoms with E-state index in [-0.39, 0.29) is 16.5 Å². The Labute approximate surface area is 83.7 Å². The number of aromatic carboxylic acids is 1. The lowest BCUT2D eigenvalue weighted by molar-refractivity contribution is 0.0691. The molecule has 0 amide bonds. The highest BCUT2D eigenvalue weighted by atomic mass is 35.5. The maximum absolute atomic E-state index is 10.7. The topological polar surface area (TPSA) is 73.3 Å². The number of halogens is 1. The van der Waals surface area contributed by atoms with E-state index >= 15 is 0 Å². The third-order valence-corrected chi connectivity index (χ3v) is 2.33. The molecule has 0 spiro atoms. The first-order chi connectivity index (χ1) is 6.59. The number of phenols is 1. The summed E-state index contributed by atoms with van der Waals surface area (Å²) in [6.45, 7) is 0. The number of aromatic hydroxyl groups is 1. The van der Waals surface area contributed by atoms with Crippen molar-refractivity contribution in [2.45, 2.75) is 0 Å². The fourth-order valence-corrected chi connectivity index (χ4v) is 1.59. The Morgan fingerprint density at radius 1 is 1.43 bits per heavy atom. The monoisotopic (exact) mass is 211 g/mol. The second kappa shape index (κ2) is 2.92. The van der Waals surface area contributed by atoms with Crippen LogP contribution in [0.25, 0.3) is 10.9 Å². The van der Waals surface area contributed by atoms with Gasteiger partial charge >= 0.3 is 5.97 Å². The SMILES string of the molecule is O=C(O)c1[nH]c2cc(O)ccc2c1Cl. The summed E-state index contributed by atoms with van der Waals surface area (Å²) < 4.78 is 0. The van der Waals surface area contributed by atoms with Gasteiger partial charge in [0.15, 0.2) is 0 Å². The molecule has 4 nitrogen and oxygen atoms in total. The van der Waals surface area contributed by atoms with Gasteiger partial charge in [0.2, 0.25) is 0 Å². The van der Waals surface area contributed by atoms with Crippen molar-refractivity contribution in [1.82, 2.24) is 4.98 Å². The van der Waals surface area contributed by atoms with Crippen LogP contribution in [0.1, 0.15) is 10.5 Å². The van der Waals surface area contributed by atoms with Crippen molar-refractivity contribution in [2.24, 2.45) is 0 Å². The number of carboxylic acid groups (broad SMARTS) is 1. The Morgan fingerprint density at radius 2 is 2.14 bits per heavy atom. The number of hydrogen-bond donors (Lipinski definition) is 3. The summed E-state index contributed by atoms with van der Waals surface area (Å²) in [7, 11) is 0. The number of rotatable bonds is 1. The molecule has 0 bridgehead atoms. The molecule has 0 aliphatic heterocycles. The van der Waals surface area contributed by atoms with Crippen molar-refractivity contribution in [3.63, 3.8) is 0 Å². The van der Waals surface area contributed by atoms with Crippen LogP contribution in [0, 0.1) is 0 Å². The Bertz CT molecular complexity index is 518. The average molecular weight is 212 g/mol. The highest BCUT2D eigenvalue weighted by Crippen LogP contribution is 2.29. The van der Waals surface area contributed by atoms with Crippen molar-refractivity contribution in [1.29, 1.82) is 0 Å². The molecule has 0 atom stereocenters. The molecular formula is C9H6ClNO3. The molecule has 1 aromatic carbocycles. The van der Waals surface area contributed by atoms with Crippen LogP contribution in [0.4, 0.5) is 0 Å². The van der Waals surface area contributed by atoms with Crippen molar-refractivity contribution >= 4 is 28.5 Å². The van der Waals surface area contributed by atoms with E-state index in [0.717, 1.165) is 0 Å². The minimum absolute atomic E-state index is 0.0624. The minimum atomic E-state index is -1.12. The molecule has 0 aliphatic carbocycles. The normalized spacial score (nSPS) is 10.6. The second-order valence-electron chi connectivity index (χ2n) is 2.85. The molecule has 14 heavy (non-hydrogen) atoms. The van der Waals surface area contributed by atoms with E-state index in [9.17, 15) is 4.79 Å². The zero-order valence-electron chi connectivity index (χ0n) is 6.91. The molecule has 0 saturated heterocycles. The number of fused-ring (bicyclic) bond motifs is 1. The number of hydrogen-bond acceptors (Lipinski definition) is 2. The van der Waals surface area contributed by atoms with Crippen LogP contribution in [0.5, 0.6) is 5.75 Å². The fourth-order valence-electron chi connectivity index (χ4n) is 1.30. The highest BCUT2D eigenvalue weighted by molar-refractivity contribution is 6.38. The molecule has 2 aromatic rings. The summed E-state index contributed by atoms with van der Waals surface area (Å²) >= 11 is 5.81. The number of aromatic nitrogens is 1. The Morgan fingerprint density at radius 3 is 2.79 bits per heavy atom. The van der Waals surface area contributed by atoms with Gasteiger partial charge in [-0.15, -0.1) is 0 Å². The molecule has 0 fully saturated rings. The van der Waals surface area contributed by atoms with Gasteiger partial charge < -0.3 is 15.2 Å². The van der Waals surface area contributed by atoms with Gasteiger partial charge in [0.05, 0.1) is 10.5 Å². The van der Waals surface area contributed by atoms with Crippen LogP contribution in [-0.4, -0.2) is 21.2 Å². The van der Waals surface area contributed by atoms with Crippen LogP contribution in [-0.2, 0) is 0 Å². The number of nitrogens with one attached hydrogen (secondary N) is 1. The van der Waals surface area contributed by atoms with E-state index in [1.54, 1.807) is 6.07 Å². The van der Waals surface area contributed by atoms with Gasteiger partial charge in [0.25, 0.3) is 0 Å². The third-order valence-electron chi connectivity index (χ3n) is 1.93. The van der Waals surface area contributed by atoms with Crippen LogP contribution < -0.4 is 0 Å². The molecule has 3 N–H and O–H groups in total. The first-order valence-corrected chi connectivity index (χ1v) is 4.21. The number of benzene rings is 1. The lowest BCUT2D eigenvalue weighted by Crippen LogP contribution is -1.96. The van der Waals surface area contributed by atoms with E-state index < -0.39 is 5.97 Å². The van der Waals surface area contributed by atoms with E-state index in [1.807, 2.05) is 0 Å². The summed E-state index contributed by atoms with van der Waals surface area (Å²) in [6.07, 6.45) is 0. The van der Waals surface area contributed by atoms with Gasteiger partial charge in [-0.3, -0.25) is 0 Å². The van der Waals surface area contributed by atoms with E-state index in [4.69, 9.17) is 21.8 Å². The summed E-state index contributed by atoms with van der Waals surface area (Å²) in [5.74, 6) is -1.06. The van der Waals surface area contributed by atoms with Gasteiger partial charge in [-0.1, -0.05) is 11.6 Å². The van der Waals surface area contributed by atoms with Crippen LogP contribution >= 0.6 is 11.6 Å². The molecule has 0 radical (unpaired) electrons. The highest BCUT2D eigenvalue weighted by Gasteiger charge is 2.14. The van der Waals surface area contributed by atoms with Gasteiger partial charge in [-0.25, -0.2) is 4.79 Å². The maximum atomic E-state index is 10.7. The zero-order chi connectivity index (χ0) is 10.3. The molecule has 2 rings (SSSR count). The maximum Gasteiger partial charge on any atom is 0.353 e. The summed E-state index contributed by atoms with van der Waals surface area (Å²) in [5.41, 5.74) is 0.444. The number of phenolic OH excluding ortho intramolecular Hbond substituents is 1. The van der Waals surface area contributed by atoms with E-state index in [0.29, 0.717) is 10.9 Å². The van der Waals surface area contributed by atoms with Crippen molar-refractivity contribution in [3.8, 4) is 5.75 Å². The zero-order valence-corrected chi connectivity index (χ0v) is 7.67. The van der Waals surface area contributed by atoms with Gasteiger partial charge in [-0.05, 0) is 12.1 Å². The van der Waals surface area contributed by atoms with Crippen molar-refractivity contribution in [3.05, 3.63) is 28.9 Å². The summed E-state index contributed by atoms with van der Waals surface area (Å²) in [6, 6.07) is 4.44. The van der Waals surface area contributed by atoms with Crippen LogP contribution in [0.15, 0.2) is 18.2 Å². The molecule has 0 aliphatic rings. The molecule has 0 unspecified atom stereocenters. The predicted octanol–water partition coefficient (Wildman–Crippen LogP) is 2.23. The van der Waals surface area contributed by atoms with E-state index in [1.165, 1.54) is 12.1 Å². The lowest BCUT2D eigenvalue weighted by Gasteiger charge is -1.90. The second-order valence-corrected chi connectivity index (χ2v) is 3.23. The van der Waals surface area contributed by atoms with Crippen LogP contribution in [0.2, 0.25) is 5.02 Å². The fraction of sp³-hybridized carbons (Fsp3) is 0. The van der Waals surface area contributed by atoms with Gasteiger partial charge in [-0.2, -0.15) is 0 Å². The summed E-state index contributed by atoms with van der Waals surface area (Å²) in [5, 5.41) is 18.7. The van der Waals surface area contributed by atoms with Crippen molar-refractivity contribution in [2.75, 3.05) is 0 Å². The summed E-state index contributed by atoms with van der Waals surface area (Å²) in [4.78, 5) is 13.3. The standard InChI is InChI=1S/C9H6ClNO3/c10-7-5-2-1-4(12)3-6(5)11-8(7)9(13)14/h1-3,11-12H,(H,13,14). The number of aromatic amines is 1. The largest absolute Gasteiger partial charge is 0.508 e. The molecular weight excluding hydrogens is 206 g/mol. The quantitative estimate of drug-likeness (QED) is 0.677. The number of carbonyl (C=O) groups is 1. The predicted molar refractivity (Wildman–Crippen MR) is 51.9 cm³/mol. The van der Waals surface area contributed by atoms with Crippen molar-refractivity contribution < 1.29 is 15.0 Å². The Hall–Kier alpha value is -1.68. The smallest absolute Gasteiger partial charge is 0.353 e.